The number of hydrogen-bond donors (Lipinski definition) is 1. The van der Waals surface area contributed by atoms with Crippen molar-refractivity contribution >= 4 is 48.4 Å². The van der Waals surface area contributed by atoms with Crippen LogP contribution >= 0.6 is 35.3 Å². The molecule has 12 heteroatoms. The highest BCUT2D eigenvalue weighted by molar-refractivity contribution is 8.02. The van der Waals surface area contributed by atoms with Crippen molar-refractivity contribution in [2.45, 2.75) is 52.5 Å². The molecule has 0 unspecified atom stereocenters. The Bertz CT molecular complexity index is 2000. The Labute approximate surface area is 374 Å². The number of aryl methyl sites for hydroxylation is 4. The molecule has 0 aliphatic carbocycles. The molecule has 2 heterocycles. The minimum absolute atomic E-state index is 0.0506. The Kier molecular flexibility index (Phi) is 25.4. The maximum atomic E-state index is 10.7. The van der Waals surface area contributed by atoms with Crippen molar-refractivity contribution in [1.29, 1.82) is 0 Å². The van der Waals surface area contributed by atoms with Gasteiger partial charge in [0.2, 0.25) is 5.91 Å². The van der Waals surface area contributed by atoms with Gasteiger partial charge >= 0.3 is 7.25 Å². The minimum Gasteiger partial charge on any atom is -0.418 e. The van der Waals surface area contributed by atoms with E-state index in [9.17, 15) is 22.1 Å². The first kappa shape index (κ1) is 50.8. The second kappa shape index (κ2) is 30.5. The van der Waals surface area contributed by atoms with Gasteiger partial charge in [0.1, 0.15) is 13.1 Å². The molecule has 1 N–H and O–H groups in total. The molecular formula is C49H59BF4N3OS3+. The number of nitrogens with one attached hydrogen (secondary N) is 1. The Hall–Kier alpha value is -4.52. The predicted octanol–water partition coefficient (Wildman–Crippen LogP) is 12.2. The Balaban J connectivity index is 0.000000254. The van der Waals surface area contributed by atoms with E-state index in [2.05, 4.69) is 198 Å². The summed E-state index contributed by atoms with van der Waals surface area (Å²) in [5, 5.41) is 2.81. The van der Waals surface area contributed by atoms with E-state index < -0.39 is 7.25 Å². The molecule has 6 aromatic rings. The number of amides is 1. The van der Waals surface area contributed by atoms with Crippen molar-refractivity contribution in [3.05, 3.63) is 181 Å². The summed E-state index contributed by atoms with van der Waals surface area (Å²) in [5.74, 6) is 6.99. The smallest absolute Gasteiger partial charge is 0.418 e. The number of benzene rings is 4. The van der Waals surface area contributed by atoms with Crippen LogP contribution < -0.4 is 14.5 Å². The highest BCUT2D eigenvalue weighted by atomic mass is 32.2. The summed E-state index contributed by atoms with van der Waals surface area (Å²) < 4.78 is 43.5. The number of aromatic nitrogens is 2. The zero-order valence-corrected chi connectivity index (χ0v) is 37.9. The molecule has 4 nitrogen and oxygen atoms in total. The van der Waals surface area contributed by atoms with Crippen molar-refractivity contribution in [2.75, 3.05) is 35.3 Å². The second-order valence-electron chi connectivity index (χ2n) is 14.0. The third-order valence-electron chi connectivity index (χ3n) is 8.70. The van der Waals surface area contributed by atoms with Crippen molar-refractivity contribution in [3.8, 4) is 22.3 Å². The summed E-state index contributed by atoms with van der Waals surface area (Å²) in [7, 11) is -6.00. The second-order valence-corrected chi connectivity index (χ2v) is 17.5. The van der Waals surface area contributed by atoms with Crippen molar-refractivity contribution in [2.24, 2.45) is 0 Å². The molecule has 2 aromatic heterocycles. The largest absolute Gasteiger partial charge is 0.673 e. The molecule has 0 bridgehead atoms. The fraction of sp³-hybridized carbons (Fsp3) is 0.286. The molecule has 0 saturated heterocycles. The number of carbonyl (C=O) groups is 1. The molecule has 61 heavy (non-hydrogen) atoms. The zero-order chi connectivity index (χ0) is 44.0. The van der Waals surface area contributed by atoms with Gasteiger partial charge in [-0.15, -0.1) is 0 Å². The Morgan fingerprint density at radius 2 is 0.967 bits per heavy atom. The van der Waals surface area contributed by atoms with Gasteiger partial charge in [0, 0.05) is 73.1 Å². The fourth-order valence-corrected chi connectivity index (χ4v) is 8.45. The van der Waals surface area contributed by atoms with Crippen LogP contribution in [0.1, 0.15) is 36.5 Å². The predicted molar refractivity (Wildman–Crippen MR) is 255 cm³/mol. The van der Waals surface area contributed by atoms with Crippen molar-refractivity contribution in [3.63, 3.8) is 0 Å². The van der Waals surface area contributed by atoms with E-state index in [1.165, 1.54) is 62.6 Å². The lowest BCUT2D eigenvalue weighted by atomic mass is 10.1. The van der Waals surface area contributed by atoms with E-state index in [4.69, 9.17) is 0 Å². The highest BCUT2D eigenvalue weighted by Crippen LogP contribution is 2.18. The van der Waals surface area contributed by atoms with Gasteiger partial charge < -0.3 is 22.6 Å². The van der Waals surface area contributed by atoms with Gasteiger partial charge in [0.05, 0.1) is 0 Å². The monoisotopic (exact) mass is 888 g/mol. The Morgan fingerprint density at radius 3 is 1.51 bits per heavy atom. The van der Waals surface area contributed by atoms with Crippen LogP contribution in [0.25, 0.3) is 22.3 Å². The van der Waals surface area contributed by atoms with E-state index >= 15 is 0 Å². The van der Waals surface area contributed by atoms with Crippen LogP contribution in [0.5, 0.6) is 0 Å². The molecule has 324 valence electrons. The average molecular weight is 889 g/mol. The summed E-state index contributed by atoms with van der Waals surface area (Å²) in [4.78, 5) is 10.7. The van der Waals surface area contributed by atoms with Crippen LogP contribution in [0.4, 0.5) is 17.3 Å². The quantitative estimate of drug-likeness (QED) is 0.0404. The minimum atomic E-state index is -6.00. The lowest BCUT2D eigenvalue weighted by molar-refractivity contribution is -0.696. The van der Waals surface area contributed by atoms with Gasteiger partial charge in [-0.25, -0.2) is 9.13 Å². The summed E-state index contributed by atoms with van der Waals surface area (Å²) in [5.41, 5.74) is 9.16. The molecule has 0 spiro atoms. The molecule has 0 fully saturated rings. The fourth-order valence-electron chi connectivity index (χ4n) is 5.61. The first-order chi connectivity index (χ1) is 29.5. The number of carbonyl (C=O) groups excluding carboxylic acids is 1. The van der Waals surface area contributed by atoms with Crippen LogP contribution in [-0.4, -0.2) is 48.5 Å². The van der Waals surface area contributed by atoms with Crippen molar-refractivity contribution in [1.82, 2.24) is 5.32 Å². The maximum Gasteiger partial charge on any atom is 0.673 e. The first-order valence-corrected chi connectivity index (χ1v) is 23.9. The van der Waals surface area contributed by atoms with E-state index in [0.717, 1.165) is 43.3 Å². The van der Waals surface area contributed by atoms with Crippen LogP contribution in [0.3, 0.4) is 0 Å². The lowest BCUT2D eigenvalue weighted by Crippen LogP contribution is -2.33. The molecular weight excluding hydrogens is 830 g/mol. The lowest BCUT2D eigenvalue weighted by Gasteiger charge is -2.03. The number of halogens is 4. The summed E-state index contributed by atoms with van der Waals surface area (Å²) >= 11 is 5.99. The third kappa shape index (κ3) is 25.8. The maximum absolute atomic E-state index is 10.7. The van der Waals surface area contributed by atoms with Crippen LogP contribution in [0.2, 0.25) is 0 Å². The van der Waals surface area contributed by atoms with Crippen molar-refractivity contribution < 1.29 is 31.2 Å². The topological polar surface area (TPSA) is 36.9 Å². The number of hydrogen-bond acceptors (Lipinski definition) is 4. The van der Waals surface area contributed by atoms with E-state index in [-0.39, 0.29) is 5.91 Å². The van der Waals surface area contributed by atoms with Crippen LogP contribution in [0.15, 0.2) is 164 Å². The zero-order valence-electron chi connectivity index (χ0n) is 35.5. The van der Waals surface area contributed by atoms with Gasteiger partial charge in [-0.1, -0.05) is 126 Å². The van der Waals surface area contributed by atoms with Gasteiger partial charge in [0.15, 0.2) is 24.8 Å². The number of nitrogens with zero attached hydrogens (tertiary/aromatic N) is 2. The number of thioether (sulfide) groups is 3. The molecule has 0 aliphatic rings. The van der Waals surface area contributed by atoms with Gasteiger partial charge in [-0.05, 0) is 53.7 Å². The Morgan fingerprint density at radius 1 is 0.525 bits per heavy atom. The third-order valence-corrected chi connectivity index (χ3v) is 12.1. The van der Waals surface area contributed by atoms with Crippen LogP contribution in [-0.2, 0) is 23.6 Å². The SMILES string of the molecule is CC(=O)NCCSCCC[n+]1ccc(-c2ccccc2)cc1.Cc1ccc(C)cc1.F[B-](F)(F)F.c1ccc(CSCCSCCC[n+]2cccc(-c3ccccc3)c2)cc1. The van der Waals surface area contributed by atoms with Gasteiger partial charge in [0.25, 0.3) is 0 Å². The molecule has 1 amide bonds. The summed E-state index contributed by atoms with van der Waals surface area (Å²) in [6.45, 7) is 8.63. The standard InChI is InChI=1S/C23H26NS2.C18H22N2OS.C8H10.BF4/c1-3-9-21(10-4-1)20-26-18-17-25-16-8-15-24-14-7-13-23(19-24)22-11-5-2-6-12-22;1-16(21)19-10-15-22-14-5-11-20-12-8-18(9-13-20)17-6-3-2-4-7-17;1-7-3-5-8(2)6-4-7;2-1(3,4)5/h1-7,9-14,19H,8,15-18,20H2;2-4,6-9,12-13H,5,10-11,14-15H2,1H3;3-6H,1-2H3;/q+1;;;-1/p+1. The normalized spacial score (nSPS) is 10.5. The number of pyridine rings is 2. The summed E-state index contributed by atoms with van der Waals surface area (Å²) in [6, 6.07) is 48.9. The molecule has 4 aromatic carbocycles. The van der Waals surface area contributed by atoms with E-state index in [1.54, 1.807) is 6.92 Å². The number of rotatable bonds is 18. The summed E-state index contributed by atoms with van der Waals surface area (Å²) in [6.07, 6.45) is 11.1. The van der Waals surface area contributed by atoms with E-state index in [1.807, 2.05) is 29.6 Å². The molecule has 0 aliphatic heterocycles. The van der Waals surface area contributed by atoms with Gasteiger partial charge in [-0.2, -0.15) is 35.3 Å². The molecule has 0 saturated carbocycles. The van der Waals surface area contributed by atoms with Crippen LogP contribution in [0, 0.1) is 13.8 Å². The van der Waals surface area contributed by atoms with Gasteiger partial charge in [-0.3, -0.25) is 4.79 Å². The van der Waals surface area contributed by atoms with E-state index in [0.29, 0.717) is 0 Å². The highest BCUT2D eigenvalue weighted by Gasteiger charge is 2.20. The average Bonchev–Trinajstić information content (AvgIpc) is 3.26. The molecule has 6 rings (SSSR count). The first-order valence-electron chi connectivity index (χ1n) is 20.5. The molecule has 0 radical (unpaired) electrons. The molecule has 0 atom stereocenters.